The SMILES string of the molecule is O=S1(=O)CCC(CNc2nccc(-c3cnn(-c4cccc(Cl)c4)c3)n2)C1. The highest BCUT2D eigenvalue weighted by molar-refractivity contribution is 7.91. The van der Waals surface area contributed by atoms with E-state index in [4.69, 9.17) is 11.6 Å². The third kappa shape index (κ3) is 4.28. The molecule has 0 bridgehead atoms. The maximum atomic E-state index is 11.6. The predicted molar refractivity (Wildman–Crippen MR) is 105 cm³/mol. The minimum atomic E-state index is -2.88. The average molecular weight is 404 g/mol. The van der Waals surface area contributed by atoms with Crippen LogP contribution in [0.1, 0.15) is 6.42 Å². The number of halogens is 1. The number of benzene rings is 1. The maximum absolute atomic E-state index is 11.6. The Morgan fingerprint density at radius 1 is 1.30 bits per heavy atom. The van der Waals surface area contributed by atoms with Crippen molar-refractivity contribution in [2.45, 2.75) is 6.42 Å². The molecule has 1 N–H and O–H groups in total. The summed E-state index contributed by atoms with van der Waals surface area (Å²) in [4.78, 5) is 8.74. The largest absolute Gasteiger partial charge is 0.354 e. The monoisotopic (exact) mass is 403 g/mol. The van der Waals surface area contributed by atoms with Crippen molar-refractivity contribution in [3.63, 3.8) is 0 Å². The zero-order chi connectivity index (χ0) is 18.9. The van der Waals surface area contributed by atoms with Crippen LogP contribution in [-0.4, -0.2) is 46.2 Å². The minimum Gasteiger partial charge on any atom is -0.354 e. The summed E-state index contributed by atoms with van der Waals surface area (Å²) in [6.45, 7) is 0.546. The summed E-state index contributed by atoms with van der Waals surface area (Å²) in [6, 6.07) is 9.25. The normalized spacial score (nSPS) is 18.5. The highest BCUT2D eigenvalue weighted by atomic mass is 35.5. The van der Waals surface area contributed by atoms with Gasteiger partial charge in [0.1, 0.15) is 0 Å². The van der Waals surface area contributed by atoms with Gasteiger partial charge in [-0.2, -0.15) is 5.10 Å². The Kier molecular flexibility index (Phi) is 4.84. The Morgan fingerprint density at radius 2 is 2.19 bits per heavy atom. The molecule has 7 nitrogen and oxygen atoms in total. The summed E-state index contributed by atoms with van der Waals surface area (Å²) in [7, 11) is -2.88. The first-order valence-corrected chi connectivity index (χ1v) is 10.8. The molecule has 1 saturated heterocycles. The summed E-state index contributed by atoms with van der Waals surface area (Å²) < 4.78 is 24.8. The van der Waals surface area contributed by atoms with Crippen molar-refractivity contribution >= 4 is 27.4 Å². The Labute approximate surface area is 162 Å². The summed E-state index contributed by atoms with van der Waals surface area (Å²) in [6.07, 6.45) is 5.96. The lowest BCUT2D eigenvalue weighted by atomic mass is 10.1. The van der Waals surface area contributed by atoms with Crippen LogP contribution in [0, 0.1) is 5.92 Å². The Hall–Kier alpha value is -2.45. The fourth-order valence-electron chi connectivity index (χ4n) is 3.09. The number of hydrogen-bond acceptors (Lipinski definition) is 6. The highest BCUT2D eigenvalue weighted by Gasteiger charge is 2.27. The maximum Gasteiger partial charge on any atom is 0.223 e. The molecule has 4 rings (SSSR count). The van der Waals surface area contributed by atoms with E-state index >= 15 is 0 Å². The van der Waals surface area contributed by atoms with Crippen LogP contribution in [0.25, 0.3) is 16.9 Å². The first-order chi connectivity index (χ1) is 13.0. The molecule has 0 amide bonds. The molecule has 140 valence electrons. The molecular weight excluding hydrogens is 386 g/mol. The Morgan fingerprint density at radius 3 is 2.96 bits per heavy atom. The molecule has 2 aromatic heterocycles. The molecule has 1 aliphatic rings. The zero-order valence-electron chi connectivity index (χ0n) is 14.4. The number of rotatable bonds is 5. The highest BCUT2D eigenvalue weighted by Crippen LogP contribution is 2.21. The lowest BCUT2D eigenvalue weighted by Crippen LogP contribution is -2.17. The number of anilines is 1. The van der Waals surface area contributed by atoms with Gasteiger partial charge in [0.15, 0.2) is 9.84 Å². The van der Waals surface area contributed by atoms with Gasteiger partial charge in [0, 0.05) is 29.5 Å². The van der Waals surface area contributed by atoms with Crippen molar-refractivity contribution < 1.29 is 8.42 Å². The fourth-order valence-corrected chi connectivity index (χ4v) is 5.13. The van der Waals surface area contributed by atoms with Crippen molar-refractivity contribution in [1.29, 1.82) is 0 Å². The number of sulfone groups is 1. The van der Waals surface area contributed by atoms with Gasteiger partial charge in [-0.25, -0.2) is 23.1 Å². The van der Waals surface area contributed by atoms with Crippen LogP contribution in [0.4, 0.5) is 5.95 Å². The van der Waals surface area contributed by atoms with Crippen molar-refractivity contribution in [1.82, 2.24) is 19.7 Å². The molecule has 1 aromatic carbocycles. The van der Waals surface area contributed by atoms with Crippen LogP contribution < -0.4 is 5.32 Å². The molecule has 1 unspecified atom stereocenters. The summed E-state index contributed by atoms with van der Waals surface area (Å²) in [5.41, 5.74) is 2.45. The smallest absolute Gasteiger partial charge is 0.223 e. The number of nitrogens with one attached hydrogen (secondary N) is 1. The van der Waals surface area contributed by atoms with Gasteiger partial charge < -0.3 is 5.32 Å². The lowest BCUT2D eigenvalue weighted by molar-refractivity contribution is 0.595. The Balaban J connectivity index is 1.48. The molecule has 9 heteroatoms. The van der Waals surface area contributed by atoms with Gasteiger partial charge in [-0.3, -0.25) is 0 Å². The van der Waals surface area contributed by atoms with E-state index < -0.39 is 9.84 Å². The minimum absolute atomic E-state index is 0.104. The van der Waals surface area contributed by atoms with Crippen molar-refractivity contribution in [3.05, 3.63) is 53.9 Å². The second kappa shape index (κ2) is 7.28. The topological polar surface area (TPSA) is 89.8 Å². The van der Waals surface area contributed by atoms with E-state index in [9.17, 15) is 8.42 Å². The molecule has 1 aliphatic heterocycles. The second-order valence-corrected chi connectivity index (χ2v) is 9.23. The molecule has 1 atom stereocenters. The number of hydrogen-bond donors (Lipinski definition) is 1. The van der Waals surface area contributed by atoms with E-state index in [0.717, 1.165) is 16.9 Å². The summed E-state index contributed by atoms with van der Waals surface area (Å²) >= 11 is 6.04. The van der Waals surface area contributed by atoms with Crippen LogP contribution in [0.15, 0.2) is 48.9 Å². The third-order valence-corrected chi connectivity index (χ3v) is 6.55. The van der Waals surface area contributed by atoms with Gasteiger partial charge in [0.25, 0.3) is 0 Å². The summed E-state index contributed by atoms with van der Waals surface area (Å²) in [5.74, 6) is 1.08. The van der Waals surface area contributed by atoms with Crippen LogP contribution >= 0.6 is 11.6 Å². The van der Waals surface area contributed by atoms with Gasteiger partial charge in [-0.05, 0) is 36.6 Å². The molecule has 0 saturated carbocycles. The lowest BCUT2D eigenvalue weighted by Gasteiger charge is -2.09. The fraction of sp³-hybridized carbons (Fsp3) is 0.278. The quantitative estimate of drug-likeness (QED) is 0.704. The van der Waals surface area contributed by atoms with E-state index in [0.29, 0.717) is 23.9 Å². The molecule has 3 heterocycles. The average Bonchev–Trinajstić information content (AvgIpc) is 3.27. The number of aromatic nitrogens is 4. The second-order valence-electron chi connectivity index (χ2n) is 6.57. The zero-order valence-corrected chi connectivity index (χ0v) is 16.0. The molecule has 3 aromatic rings. The van der Waals surface area contributed by atoms with E-state index in [1.54, 1.807) is 17.1 Å². The van der Waals surface area contributed by atoms with E-state index in [-0.39, 0.29) is 17.4 Å². The number of nitrogens with zero attached hydrogens (tertiary/aromatic N) is 4. The van der Waals surface area contributed by atoms with Gasteiger partial charge >= 0.3 is 0 Å². The van der Waals surface area contributed by atoms with E-state index in [2.05, 4.69) is 20.4 Å². The third-order valence-electron chi connectivity index (χ3n) is 4.48. The summed E-state index contributed by atoms with van der Waals surface area (Å²) in [5, 5.41) is 8.16. The molecule has 0 spiro atoms. The van der Waals surface area contributed by atoms with Crippen LogP contribution in [0.5, 0.6) is 0 Å². The van der Waals surface area contributed by atoms with E-state index in [1.807, 2.05) is 36.5 Å². The predicted octanol–water partition coefficient (Wildman–Crippen LogP) is 2.83. The first kappa shape index (κ1) is 17.9. The van der Waals surface area contributed by atoms with Gasteiger partial charge in [-0.1, -0.05) is 17.7 Å². The van der Waals surface area contributed by atoms with Crippen LogP contribution in [0.2, 0.25) is 5.02 Å². The molecule has 0 radical (unpaired) electrons. The molecular formula is C18H18ClN5O2S. The molecule has 0 aliphatic carbocycles. The Bertz CT molecular complexity index is 1070. The van der Waals surface area contributed by atoms with E-state index in [1.165, 1.54) is 0 Å². The van der Waals surface area contributed by atoms with Crippen LogP contribution in [-0.2, 0) is 9.84 Å². The van der Waals surface area contributed by atoms with Gasteiger partial charge in [-0.15, -0.1) is 0 Å². The molecule has 1 fully saturated rings. The standard InChI is InChI=1S/C18H18ClN5O2S/c19-15-2-1-3-16(8-15)24-11-14(10-22-24)17-4-6-20-18(23-17)21-9-13-5-7-27(25,26)12-13/h1-4,6,8,10-11,13H,5,7,9,12H2,(H,20,21,23). The van der Waals surface area contributed by atoms with Crippen molar-refractivity contribution in [2.75, 3.05) is 23.4 Å². The van der Waals surface area contributed by atoms with Crippen molar-refractivity contribution in [2.24, 2.45) is 5.92 Å². The first-order valence-electron chi connectivity index (χ1n) is 8.57. The van der Waals surface area contributed by atoms with Gasteiger partial charge in [0.2, 0.25) is 5.95 Å². The van der Waals surface area contributed by atoms with Crippen LogP contribution in [0.3, 0.4) is 0 Å². The van der Waals surface area contributed by atoms with Gasteiger partial charge in [0.05, 0.1) is 29.1 Å². The van der Waals surface area contributed by atoms with Crippen molar-refractivity contribution in [3.8, 4) is 16.9 Å². The molecule has 27 heavy (non-hydrogen) atoms.